The standard InChI is InChI=1S/C10H9NO3/c1-6-3-7(5-11)4-8(9(6)12)10(13)14-2/h3-4,12H,1-2H3. The van der Waals surface area contributed by atoms with Gasteiger partial charge in [0.25, 0.3) is 0 Å². The Bertz CT molecular complexity index is 418. The van der Waals surface area contributed by atoms with Crippen LogP contribution in [0.5, 0.6) is 5.75 Å². The number of phenolic OH excluding ortho intramolecular Hbond substituents is 1. The minimum atomic E-state index is -0.650. The number of nitriles is 1. The van der Waals surface area contributed by atoms with Crippen molar-refractivity contribution in [3.63, 3.8) is 0 Å². The zero-order valence-corrected chi connectivity index (χ0v) is 7.87. The van der Waals surface area contributed by atoms with Crippen molar-refractivity contribution in [2.45, 2.75) is 6.92 Å². The molecule has 1 N–H and O–H groups in total. The van der Waals surface area contributed by atoms with Gasteiger partial charge in [-0.25, -0.2) is 4.79 Å². The highest BCUT2D eigenvalue weighted by Gasteiger charge is 2.14. The molecule has 72 valence electrons. The molecule has 0 aromatic heterocycles. The van der Waals surface area contributed by atoms with Gasteiger partial charge in [0.15, 0.2) is 0 Å². The van der Waals surface area contributed by atoms with Gasteiger partial charge in [0.05, 0.1) is 18.7 Å². The summed E-state index contributed by atoms with van der Waals surface area (Å²) in [7, 11) is 1.22. The van der Waals surface area contributed by atoms with E-state index in [1.165, 1.54) is 19.2 Å². The summed E-state index contributed by atoms with van der Waals surface area (Å²) < 4.78 is 4.46. The predicted molar refractivity (Wildman–Crippen MR) is 48.9 cm³/mol. The Hall–Kier alpha value is -2.02. The number of phenols is 1. The molecule has 0 spiro atoms. The Balaban J connectivity index is 3.36. The molecule has 0 aliphatic rings. The number of aryl methyl sites for hydroxylation is 1. The van der Waals surface area contributed by atoms with Crippen LogP contribution in [0.2, 0.25) is 0 Å². The Kier molecular flexibility index (Phi) is 2.73. The quantitative estimate of drug-likeness (QED) is 0.680. The number of rotatable bonds is 1. The van der Waals surface area contributed by atoms with Crippen LogP contribution in [0.3, 0.4) is 0 Å². The molecule has 14 heavy (non-hydrogen) atoms. The maximum absolute atomic E-state index is 11.2. The summed E-state index contributed by atoms with van der Waals surface area (Å²) in [4.78, 5) is 11.2. The number of hydrogen-bond donors (Lipinski definition) is 1. The Labute approximate surface area is 81.4 Å². The molecule has 0 radical (unpaired) electrons. The fourth-order valence-corrected chi connectivity index (χ4v) is 1.11. The van der Waals surface area contributed by atoms with Gasteiger partial charge in [-0.3, -0.25) is 0 Å². The summed E-state index contributed by atoms with van der Waals surface area (Å²) in [5.74, 6) is -0.793. The highest BCUT2D eigenvalue weighted by atomic mass is 16.5. The molecule has 0 bridgehead atoms. The highest BCUT2D eigenvalue weighted by Crippen LogP contribution is 2.24. The monoisotopic (exact) mass is 191 g/mol. The number of hydrogen-bond acceptors (Lipinski definition) is 4. The van der Waals surface area contributed by atoms with Crippen LogP contribution in [0.15, 0.2) is 12.1 Å². The first-order chi connectivity index (χ1) is 6.60. The molecule has 1 aromatic carbocycles. The number of methoxy groups -OCH3 is 1. The summed E-state index contributed by atoms with van der Waals surface area (Å²) in [5, 5.41) is 18.2. The number of benzene rings is 1. The fourth-order valence-electron chi connectivity index (χ4n) is 1.11. The third kappa shape index (κ3) is 1.67. The van der Waals surface area contributed by atoms with Crippen molar-refractivity contribution < 1.29 is 14.6 Å². The second-order valence-electron chi connectivity index (χ2n) is 2.79. The average Bonchev–Trinajstić information content (AvgIpc) is 2.20. The van der Waals surface area contributed by atoms with Crippen LogP contribution < -0.4 is 0 Å². The van der Waals surface area contributed by atoms with Crippen molar-refractivity contribution in [3.05, 3.63) is 28.8 Å². The summed E-state index contributed by atoms with van der Waals surface area (Å²) >= 11 is 0. The summed E-state index contributed by atoms with van der Waals surface area (Å²) in [6, 6.07) is 4.70. The van der Waals surface area contributed by atoms with Gasteiger partial charge in [-0.15, -0.1) is 0 Å². The van der Waals surface area contributed by atoms with Crippen LogP contribution in [0.1, 0.15) is 21.5 Å². The topological polar surface area (TPSA) is 70.3 Å². The Morgan fingerprint density at radius 2 is 2.21 bits per heavy atom. The van der Waals surface area contributed by atoms with E-state index in [9.17, 15) is 9.90 Å². The highest BCUT2D eigenvalue weighted by molar-refractivity contribution is 5.93. The van der Waals surface area contributed by atoms with Crippen molar-refractivity contribution >= 4 is 5.97 Å². The molecule has 4 heteroatoms. The van der Waals surface area contributed by atoms with Crippen molar-refractivity contribution in [1.82, 2.24) is 0 Å². The zero-order chi connectivity index (χ0) is 10.7. The third-order valence-electron chi connectivity index (χ3n) is 1.83. The van der Waals surface area contributed by atoms with E-state index in [0.29, 0.717) is 11.1 Å². The first kappa shape index (κ1) is 10.1. The molecule has 0 amide bonds. The first-order valence-electron chi connectivity index (χ1n) is 3.92. The largest absolute Gasteiger partial charge is 0.507 e. The minimum absolute atomic E-state index is 0.0176. The lowest BCUT2D eigenvalue weighted by Crippen LogP contribution is -2.03. The molecule has 0 saturated carbocycles. The van der Waals surface area contributed by atoms with Crippen LogP contribution in [0, 0.1) is 18.3 Å². The first-order valence-corrected chi connectivity index (χ1v) is 3.92. The van der Waals surface area contributed by atoms with Crippen LogP contribution >= 0.6 is 0 Å². The van der Waals surface area contributed by atoms with E-state index in [4.69, 9.17) is 5.26 Å². The van der Waals surface area contributed by atoms with E-state index >= 15 is 0 Å². The normalized spacial score (nSPS) is 9.21. The van der Waals surface area contributed by atoms with Gasteiger partial charge >= 0.3 is 5.97 Å². The summed E-state index contributed by atoms with van der Waals surface area (Å²) in [6.45, 7) is 1.61. The van der Waals surface area contributed by atoms with Crippen LogP contribution in [-0.2, 0) is 4.74 Å². The lowest BCUT2D eigenvalue weighted by atomic mass is 10.1. The van der Waals surface area contributed by atoms with E-state index in [-0.39, 0.29) is 11.3 Å². The van der Waals surface area contributed by atoms with E-state index in [2.05, 4.69) is 4.74 Å². The van der Waals surface area contributed by atoms with Gasteiger partial charge in [-0.1, -0.05) is 0 Å². The molecule has 1 aromatic rings. The Morgan fingerprint density at radius 3 is 2.71 bits per heavy atom. The van der Waals surface area contributed by atoms with Gasteiger partial charge < -0.3 is 9.84 Å². The second kappa shape index (κ2) is 3.79. The summed E-state index contributed by atoms with van der Waals surface area (Å²) in [6.07, 6.45) is 0. The van der Waals surface area contributed by atoms with E-state index < -0.39 is 5.97 Å². The molecule has 0 aliphatic carbocycles. The number of nitrogens with zero attached hydrogens (tertiary/aromatic N) is 1. The number of ether oxygens (including phenoxy) is 1. The molecule has 0 atom stereocenters. The SMILES string of the molecule is COC(=O)c1cc(C#N)cc(C)c1O. The summed E-state index contributed by atoms with van der Waals surface area (Å²) in [5.41, 5.74) is 0.814. The van der Waals surface area contributed by atoms with Crippen LogP contribution in [-0.4, -0.2) is 18.2 Å². The molecule has 0 unspecified atom stereocenters. The van der Waals surface area contributed by atoms with Crippen LogP contribution in [0.4, 0.5) is 0 Å². The van der Waals surface area contributed by atoms with Gasteiger partial charge in [0, 0.05) is 0 Å². The van der Waals surface area contributed by atoms with Gasteiger partial charge in [0.1, 0.15) is 11.3 Å². The molecule has 0 fully saturated rings. The number of carbonyl (C=O) groups is 1. The maximum Gasteiger partial charge on any atom is 0.341 e. The third-order valence-corrected chi connectivity index (χ3v) is 1.83. The van der Waals surface area contributed by atoms with Crippen LogP contribution in [0.25, 0.3) is 0 Å². The van der Waals surface area contributed by atoms with E-state index in [0.717, 1.165) is 0 Å². The van der Waals surface area contributed by atoms with Gasteiger partial charge in [0.2, 0.25) is 0 Å². The molecule has 0 heterocycles. The van der Waals surface area contributed by atoms with Gasteiger partial charge in [-0.2, -0.15) is 5.26 Å². The maximum atomic E-state index is 11.2. The van der Waals surface area contributed by atoms with Crippen molar-refractivity contribution in [1.29, 1.82) is 5.26 Å². The van der Waals surface area contributed by atoms with Crippen molar-refractivity contribution in [2.24, 2.45) is 0 Å². The number of aromatic hydroxyl groups is 1. The van der Waals surface area contributed by atoms with E-state index in [1.807, 2.05) is 6.07 Å². The minimum Gasteiger partial charge on any atom is -0.507 e. The smallest absolute Gasteiger partial charge is 0.341 e. The number of carbonyl (C=O) groups excluding carboxylic acids is 1. The molecular weight excluding hydrogens is 182 g/mol. The van der Waals surface area contributed by atoms with Gasteiger partial charge in [-0.05, 0) is 24.6 Å². The number of esters is 1. The molecule has 1 rings (SSSR count). The average molecular weight is 191 g/mol. The molecular formula is C10H9NO3. The molecule has 0 saturated heterocycles. The lowest BCUT2D eigenvalue weighted by molar-refractivity contribution is 0.0597. The van der Waals surface area contributed by atoms with Crippen molar-refractivity contribution in [2.75, 3.05) is 7.11 Å². The van der Waals surface area contributed by atoms with E-state index in [1.54, 1.807) is 6.92 Å². The zero-order valence-electron chi connectivity index (χ0n) is 7.87. The lowest BCUT2D eigenvalue weighted by Gasteiger charge is -2.05. The molecule has 4 nitrogen and oxygen atoms in total. The molecule has 0 aliphatic heterocycles. The van der Waals surface area contributed by atoms with Crippen molar-refractivity contribution in [3.8, 4) is 11.8 Å². The fraction of sp³-hybridized carbons (Fsp3) is 0.200. The second-order valence-corrected chi connectivity index (χ2v) is 2.79. The Morgan fingerprint density at radius 1 is 1.57 bits per heavy atom. The predicted octanol–water partition coefficient (Wildman–Crippen LogP) is 1.36.